The number of halogens is 1. The molecule has 4 nitrogen and oxygen atoms in total. The number of fused-ring (bicyclic) bond motifs is 1. The zero-order valence-electron chi connectivity index (χ0n) is 11.9. The molecule has 2 aromatic carbocycles. The van der Waals surface area contributed by atoms with Gasteiger partial charge in [0.15, 0.2) is 0 Å². The first-order valence-corrected chi connectivity index (χ1v) is 7.64. The average molecular weight is 329 g/mol. The summed E-state index contributed by atoms with van der Waals surface area (Å²) < 4.78 is 13.0. The molecule has 1 N–H and O–H groups in total. The van der Waals surface area contributed by atoms with Crippen molar-refractivity contribution < 1.29 is 19.1 Å². The lowest BCUT2D eigenvalue weighted by molar-refractivity contribution is -0.131. The average Bonchev–Trinajstić information content (AvgIpc) is 2.53. The van der Waals surface area contributed by atoms with Crippen LogP contribution in [0.5, 0.6) is 0 Å². The van der Waals surface area contributed by atoms with E-state index in [9.17, 15) is 14.0 Å². The Kier molecular flexibility index (Phi) is 4.16. The van der Waals surface area contributed by atoms with Crippen LogP contribution in [0.1, 0.15) is 5.56 Å². The van der Waals surface area contributed by atoms with E-state index in [0.29, 0.717) is 0 Å². The second-order valence-corrected chi connectivity index (χ2v) is 6.02. The van der Waals surface area contributed by atoms with Gasteiger partial charge < -0.3 is 10.0 Å². The Hall–Kier alpha value is -2.60. The van der Waals surface area contributed by atoms with Crippen molar-refractivity contribution in [1.29, 1.82) is 0 Å². The van der Waals surface area contributed by atoms with Crippen LogP contribution in [0.2, 0.25) is 0 Å². The first-order valence-electron chi connectivity index (χ1n) is 6.82. The molecule has 0 unspecified atom stereocenters. The Balaban J connectivity index is 2.00. The molecule has 0 radical (unpaired) electrons. The Morgan fingerprint density at radius 3 is 2.57 bits per heavy atom. The predicted molar refractivity (Wildman–Crippen MR) is 85.6 cm³/mol. The number of hydrogen-bond acceptors (Lipinski definition) is 3. The van der Waals surface area contributed by atoms with Gasteiger partial charge in [0.05, 0.1) is 17.1 Å². The summed E-state index contributed by atoms with van der Waals surface area (Å²) in [4.78, 5) is 26.0. The molecule has 23 heavy (non-hydrogen) atoms. The van der Waals surface area contributed by atoms with E-state index in [1.807, 2.05) is 18.2 Å². The maximum absolute atomic E-state index is 13.0. The highest BCUT2D eigenvalue weighted by Crippen LogP contribution is 2.41. The molecular weight excluding hydrogens is 317 g/mol. The van der Waals surface area contributed by atoms with Crippen molar-refractivity contribution in [3.63, 3.8) is 0 Å². The maximum atomic E-state index is 13.0. The molecule has 0 atom stereocenters. The summed E-state index contributed by atoms with van der Waals surface area (Å²) in [6.45, 7) is 0.244. The fraction of sp³-hybridized carbons (Fsp3) is 0.0588. The fourth-order valence-corrected chi connectivity index (χ4v) is 3.33. The highest BCUT2D eigenvalue weighted by atomic mass is 32.2. The topological polar surface area (TPSA) is 57.6 Å². The number of thioether (sulfide) groups is 1. The zero-order valence-corrected chi connectivity index (χ0v) is 12.7. The maximum Gasteiger partial charge on any atom is 0.329 e. The van der Waals surface area contributed by atoms with Crippen LogP contribution in [0.25, 0.3) is 0 Å². The first-order chi connectivity index (χ1) is 11.0. The number of hydrogen-bond donors (Lipinski definition) is 1. The van der Waals surface area contributed by atoms with Gasteiger partial charge in [-0.15, -0.1) is 0 Å². The molecule has 1 amide bonds. The standard InChI is InChI=1S/C17H12FNO3S/c18-12-7-5-11(6-8-12)10-19-13-3-1-2-4-14(13)23-15(17(19)22)9-16(20)21/h1-9H,10H2,(H,20,21)/b15-9-. The van der Waals surface area contributed by atoms with Gasteiger partial charge in [0.1, 0.15) is 5.82 Å². The summed E-state index contributed by atoms with van der Waals surface area (Å²) in [5.74, 6) is -1.89. The highest BCUT2D eigenvalue weighted by molar-refractivity contribution is 8.04. The van der Waals surface area contributed by atoms with E-state index >= 15 is 0 Å². The monoisotopic (exact) mass is 329 g/mol. The Morgan fingerprint density at radius 1 is 1.17 bits per heavy atom. The second kappa shape index (κ2) is 6.26. The van der Waals surface area contributed by atoms with Gasteiger partial charge in [-0.2, -0.15) is 0 Å². The summed E-state index contributed by atoms with van der Waals surface area (Å²) in [5.41, 5.74) is 1.48. The Bertz CT molecular complexity index is 802. The summed E-state index contributed by atoms with van der Waals surface area (Å²) in [6.07, 6.45) is 0.917. The molecular formula is C17H12FNO3S. The number of anilines is 1. The van der Waals surface area contributed by atoms with Gasteiger partial charge in [-0.1, -0.05) is 36.0 Å². The highest BCUT2D eigenvalue weighted by Gasteiger charge is 2.29. The van der Waals surface area contributed by atoms with Gasteiger partial charge in [-0.25, -0.2) is 9.18 Å². The molecule has 0 aromatic heterocycles. The minimum Gasteiger partial charge on any atom is -0.478 e. The molecule has 6 heteroatoms. The van der Waals surface area contributed by atoms with Crippen molar-refractivity contribution in [3.05, 3.63) is 70.9 Å². The van der Waals surface area contributed by atoms with Crippen LogP contribution in [0.3, 0.4) is 0 Å². The van der Waals surface area contributed by atoms with E-state index in [0.717, 1.165) is 34.0 Å². The summed E-state index contributed by atoms with van der Waals surface area (Å²) >= 11 is 1.14. The summed E-state index contributed by atoms with van der Waals surface area (Å²) in [7, 11) is 0. The number of aliphatic carboxylic acids is 1. The van der Waals surface area contributed by atoms with Gasteiger partial charge >= 0.3 is 5.97 Å². The van der Waals surface area contributed by atoms with Gasteiger partial charge in [-0.05, 0) is 29.8 Å². The van der Waals surface area contributed by atoms with Gasteiger partial charge in [0.25, 0.3) is 5.91 Å². The number of rotatable bonds is 3. The Labute approximate surface area is 136 Å². The number of carbonyl (C=O) groups excluding carboxylic acids is 1. The van der Waals surface area contributed by atoms with Crippen LogP contribution >= 0.6 is 11.8 Å². The normalized spacial score (nSPS) is 15.6. The summed E-state index contributed by atoms with van der Waals surface area (Å²) in [6, 6.07) is 13.2. The van der Waals surface area contributed by atoms with Crippen molar-refractivity contribution in [2.75, 3.05) is 4.90 Å². The molecule has 0 fully saturated rings. The van der Waals surface area contributed by atoms with Gasteiger partial charge in [0.2, 0.25) is 0 Å². The molecule has 0 bridgehead atoms. The molecule has 1 aliphatic heterocycles. The molecule has 0 aliphatic carbocycles. The predicted octanol–water partition coefficient (Wildman–Crippen LogP) is 3.43. The third kappa shape index (κ3) is 3.27. The van der Waals surface area contributed by atoms with Crippen LogP contribution in [0.4, 0.5) is 10.1 Å². The number of benzene rings is 2. The molecule has 0 saturated heterocycles. The van der Waals surface area contributed by atoms with Crippen molar-refractivity contribution in [2.24, 2.45) is 0 Å². The van der Waals surface area contributed by atoms with Crippen LogP contribution in [-0.4, -0.2) is 17.0 Å². The van der Waals surface area contributed by atoms with Gasteiger partial charge in [0, 0.05) is 11.0 Å². The molecule has 1 heterocycles. The number of carboxylic acid groups (broad SMARTS) is 1. The lowest BCUT2D eigenvalue weighted by Gasteiger charge is -2.30. The van der Waals surface area contributed by atoms with Crippen molar-refractivity contribution in [1.82, 2.24) is 0 Å². The number of carboxylic acids is 1. The quantitative estimate of drug-likeness (QED) is 0.877. The van der Waals surface area contributed by atoms with E-state index in [4.69, 9.17) is 5.11 Å². The van der Waals surface area contributed by atoms with E-state index in [1.165, 1.54) is 17.0 Å². The van der Waals surface area contributed by atoms with E-state index in [-0.39, 0.29) is 23.2 Å². The molecule has 0 saturated carbocycles. The van der Waals surface area contributed by atoms with E-state index in [1.54, 1.807) is 18.2 Å². The number of amides is 1. The van der Waals surface area contributed by atoms with Crippen LogP contribution in [-0.2, 0) is 16.1 Å². The van der Waals surface area contributed by atoms with Gasteiger partial charge in [-0.3, -0.25) is 4.79 Å². The first kappa shape index (κ1) is 15.3. The lowest BCUT2D eigenvalue weighted by atomic mass is 10.1. The minimum atomic E-state index is -1.16. The molecule has 1 aliphatic rings. The van der Waals surface area contributed by atoms with Crippen molar-refractivity contribution in [2.45, 2.75) is 11.4 Å². The second-order valence-electron chi connectivity index (χ2n) is 4.93. The molecule has 116 valence electrons. The zero-order chi connectivity index (χ0) is 16.4. The largest absolute Gasteiger partial charge is 0.478 e. The SMILES string of the molecule is O=C(O)/C=C1\Sc2ccccc2N(Cc2ccc(F)cc2)C1=O. The number of nitrogens with zero attached hydrogens (tertiary/aromatic N) is 1. The van der Waals surface area contributed by atoms with E-state index in [2.05, 4.69) is 0 Å². The third-order valence-corrected chi connectivity index (χ3v) is 4.42. The lowest BCUT2D eigenvalue weighted by Crippen LogP contribution is -2.34. The van der Waals surface area contributed by atoms with Crippen LogP contribution < -0.4 is 4.90 Å². The molecule has 0 spiro atoms. The summed E-state index contributed by atoms with van der Waals surface area (Å²) in [5, 5.41) is 8.94. The fourth-order valence-electron chi connectivity index (χ4n) is 2.30. The van der Waals surface area contributed by atoms with Crippen molar-refractivity contribution >= 4 is 29.3 Å². The smallest absolute Gasteiger partial charge is 0.329 e. The molecule has 3 rings (SSSR count). The number of carbonyl (C=O) groups is 2. The third-order valence-electron chi connectivity index (χ3n) is 3.34. The van der Waals surface area contributed by atoms with E-state index < -0.39 is 5.97 Å². The van der Waals surface area contributed by atoms with Crippen LogP contribution in [0.15, 0.2) is 64.4 Å². The van der Waals surface area contributed by atoms with Crippen LogP contribution in [0, 0.1) is 5.82 Å². The minimum absolute atomic E-state index is 0.151. The molecule has 2 aromatic rings. The number of para-hydroxylation sites is 1. The van der Waals surface area contributed by atoms with Crippen molar-refractivity contribution in [3.8, 4) is 0 Å². The Morgan fingerprint density at radius 2 is 1.87 bits per heavy atom.